The molecule has 0 radical (unpaired) electrons. The van der Waals surface area contributed by atoms with Gasteiger partial charge in [0.15, 0.2) is 6.29 Å². The molecule has 0 N–H and O–H groups in total. The third-order valence-electron chi connectivity index (χ3n) is 3.34. The Kier molecular flexibility index (Phi) is 3.77. The molecule has 2 heterocycles. The smallest absolute Gasteiger partial charge is 0.232 e. The summed E-state index contributed by atoms with van der Waals surface area (Å²) in [7, 11) is 0. The van der Waals surface area contributed by atoms with E-state index in [1.54, 1.807) is 6.92 Å². The minimum absolute atomic E-state index is 0.0235. The molecule has 0 saturated carbocycles. The van der Waals surface area contributed by atoms with Crippen LogP contribution < -0.4 is 0 Å². The van der Waals surface area contributed by atoms with E-state index in [1.165, 1.54) is 11.8 Å². The van der Waals surface area contributed by atoms with Crippen LogP contribution in [0.3, 0.4) is 0 Å². The number of hydrogen-bond acceptors (Lipinski definition) is 5. The second-order valence-electron chi connectivity index (χ2n) is 4.85. The summed E-state index contributed by atoms with van der Waals surface area (Å²) in [6, 6.07) is 0. The molecular weight excluding hydrogens is 238 g/mol. The molecule has 2 aliphatic rings. The minimum Gasteiger partial charge on any atom is -0.350 e. The van der Waals surface area contributed by atoms with E-state index in [1.807, 2.05) is 0 Å². The summed E-state index contributed by atoms with van der Waals surface area (Å²) >= 11 is 0. The van der Waals surface area contributed by atoms with Crippen molar-refractivity contribution in [1.82, 2.24) is 4.90 Å². The van der Waals surface area contributed by atoms with E-state index in [2.05, 4.69) is 0 Å². The van der Waals surface area contributed by atoms with Crippen molar-refractivity contribution in [3.63, 3.8) is 0 Å². The molecule has 0 aromatic heterocycles. The molecule has 2 saturated heterocycles. The summed E-state index contributed by atoms with van der Waals surface area (Å²) in [5, 5.41) is 0. The number of carbonyl (C=O) groups excluding carboxylic acids is 3. The zero-order valence-electron chi connectivity index (χ0n) is 10.5. The lowest BCUT2D eigenvalue weighted by molar-refractivity contribution is -0.207. The molecule has 2 fully saturated rings. The van der Waals surface area contributed by atoms with Crippen molar-refractivity contribution in [3.8, 4) is 0 Å². The van der Waals surface area contributed by atoms with Gasteiger partial charge in [-0.15, -0.1) is 0 Å². The van der Waals surface area contributed by atoms with Crippen LogP contribution in [0.25, 0.3) is 0 Å². The molecule has 6 nitrogen and oxygen atoms in total. The Hall–Kier alpha value is -1.27. The first-order chi connectivity index (χ1) is 8.49. The normalized spacial score (nSPS) is 33.0. The molecule has 18 heavy (non-hydrogen) atoms. The minimum atomic E-state index is -0.612. The van der Waals surface area contributed by atoms with Gasteiger partial charge >= 0.3 is 0 Å². The van der Waals surface area contributed by atoms with Crippen LogP contribution in [0, 0.1) is 11.8 Å². The Morgan fingerprint density at radius 1 is 1.33 bits per heavy atom. The van der Waals surface area contributed by atoms with E-state index in [4.69, 9.17) is 9.47 Å². The number of ether oxygens (including phenoxy) is 2. The van der Waals surface area contributed by atoms with Crippen molar-refractivity contribution >= 4 is 17.6 Å². The van der Waals surface area contributed by atoms with Crippen LogP contribution in [-0.2, 0) is 23.9 Å². The number of nitrogens with zero attached hydrogens (tertiary/aromatic N) is 1. The standard InChI is InChI=1S/C12H17NO5/c1-7-3-10(15)13(12(7)16)4-11-17-5-9(6-18-11)8(2)14/h7,9,11H,3-6H2,1-2H3. The van der Waals surface area contributed by atoms with Crippen LogP contribution in [0.15, 0.2) is 0 Å². The van der Waals surface area contributed by atoms with E-state index in [0.29, 0.717) is 0 Å². The molecule has 2 aliphatic heterocycles. The molecule has 0 spiro atoms. The van der Waals surface area contributed by atoms with Crippen molar-refractivity contribution in [2.24, 2.45) is 11.8 Å². The summed E-state index contributed by atoms with van der Waals surface area (Å²) in [5.74, 6) is -0.846. The summed E-state index contributed by atoms with van der Waals surface area (Å²) in [6.07, 6.45) is -0.361. The largest absolute Gasteiger partial charge is 0.350 e. The SMILES string of the molecule is CC(=O)C1COC(CN2C(=O)CC(C)C2=O)OC1. The number of likely N-dealkylation sites (tertiary alicyclic amines) is 1. The van der Waals surface area contributed by atoms with Crippen molar-refractivity contribution in [3.05, 3.63) is 0 Å². The highest BCUT2D eigenvalue weighted by Crippen LogP contribution is 2.21. The molecule has 6 heteroatoms. The van der Waals surface area contributed by atoms with E-state index in [0.717, 1.165) is 0 Å². The van der Waals surface area contributed by atoms with E-state index < -0.39 is 6.29 Å². The summed E-state index contributed by atoms with van der Waals surface area (Å²) in [4.78, 5) is 35.6. The summed E-state index contributed by atoms with van der Waals surface area (Å²) in [6.45, 7) is 3.91. The summed E-state index contributed by atoms with van der Waals surface area (Å²) < 4.78 is 10.7. The lowest BCUT2D eigenvalue weighted by Crippen LogP contribution is -2.44. The maximum atomic E-state index is 11.7. The van der Waals surface area contributed by atoms with Gasteiger partial charge in [-0.25, -0.2) is 0 Å². The fraction of sp³-hybridized carbons (Fsp3) is 0.750. The van der Waals surface area contributed by atoms with Crippen molar-refractivity contribution in [2.45, 2.75) is 26.6 Å². The zero-order valence-corrected chi connectivity index (χ0v) is 10.5. The maximum absolute atomic E-state index is 11.7. The monoisotopic (exact) mass is 255 g/mol. The van der Waals surface area contributed by atoms with Crippen molar-refractivity contribution < 1.29 is 23.9 Å². The van der Waals surface area contributed by atoms with Crippen molar-refractivity contribution in [2.75, 3.05) is 19.8 Å². The highest BCUT2D eigenvalue weighted by atomic mass is 16.7. The van der Waals surface area contributed by atoms with Crippen LogP contribution in [0.4, 0.5) is 0 Å². The van der Waals surface area contributed by atoms with Gasteiger partial charge in [0.25, 0.3) is 0 Å². The molecule has 0 aromatic carbocycles. The molecule has 100 valence electrons. The fourth-order valence-electron chi connectivity index (χ4n) is 2.07. The third-order valence-corrected chi connectivity index (χ3v) is 3.34. The molecule has 0 bridgehead atoms. The molecule has 2 amide bonds. The molecule has 0 aliphatic carbocycles. The Balaban J connectivity index is 1.87. The average molecular weight is 255 g/mol. The average Bonchev–Trinajstić information content (AvgIpc) is 2.57. The lowest BCUT2D eigenvalue weighted by Gasteiger charge is -2.30. The van der Waals surface area contributed by atoms with Crippen LogP contribution in [-0.4, -0.2) is 48.5 Å². The predicted octanol–water partition coefficient (Wildman–Crippen LogP) is -0.0405. The molecule has 1 unspecified atom stereocenters. The van der Waals surface area contributed by atoms with Crippen LogP contribution in [0.1, 0.15) is 20.3 Å². The van der Waals surface area contributed by atoms with Gasteiger partial charge in [0.05, 0.1) is 25.7 Å². The fourth-order valence-corrected chi connectivity index (χ4v) is 2.07. The third kappa shape index (κ3) is 2.59. The maximum Gasteiger partial charge on any atom is 0.232 e. The summed E-state index contributed by atoms with van der Waals surface area (Å²) in [5.41, 5.74) is 0. The number of rotatable bonds is 3. The number of amides is 2. The van der Waals surface area contributed by atoms with Gasteiger partial charge in [-0.2, -0.15) is 0 Å². The van der Waals surface area contributed by atoms with Gasteiger partial charge in [0.2, 0.25) is 11.8 Å². The van der Waals surface area contributed by atoms with Gasteiger partial charge in [0, 0.05) is 12.3 Å². The van der Waals surface area contributed by atoms with Gasteiger partial charge < -0.3 is 9.47 Å². The second kappa shape index (κ2) is 5.16. The number of imide groups is 1. The first-order valence-electron chi connectivity index (χ1n) is 6.07. The van der Waals surface area contributed by atoms with E-state index in [-0.39, 0.29) is 55.6 Å². The Bertz CT molecular complexity index is 373. The topological polar surface area (TPSA) is 72.9 Å². The number of hydrogen-bond donors (Lipinski definition) is 0. The Morgan fingerprint density at radius 2 is 1.94 bits per heavy atom. The van der Waals surface area contributed by atoms with Gasteiger partial charge in [0.1, 0.15) is 5.78 Å². The van der Waals surface area contributed by atoms with E-state index in [9.17, 15) is 14.4 Å². The van der Waals surface area contributed by atoms with Crippen LogP contribution >= 0.6 is 0 Å². The molecule has 1 atom stereocenters. The number of carbonyl (C=O) groups is 3. The zero-order chi connectivity index (χ0) is 13.3. The first-order valence-corrected chi connectivity index (χ1v) is 6.07. The van der Waals surface area contributed by atoms with Crippen LogP contribution in [0.5, 0.6) is 0 Å². The highest BCUT2D eigenvalue weighted by Gasteiger charge is 2.38. The Labute approximate surface area is 105 Å². The quantitative estimate of drug-likeness (QED) is 0.662. The van der Waals surface area contributed by atoms with Gasteiger partial charge in [-0.05, 0) is 6.92 Å². The molecule has 0 aromatic rings. The van der Waals surface area contributed by atoms with Gasteiger partial charge in [-0.3, -0.25) is 19.3 Å². The first kappa shape index (κ1) is 13.2. The highest BCUT2D eigenvalue weighted by molar-refractivity contribution is 6.03. The molecule has 2 rings (SSSR count). The van der Waals surface area contributed by atoms with Crippen LogP contribution in [0.2, 0.25) is 0 Å². The lowest BCUT2D eigenvalue weighted by atomic mass is 10.1. The predicted molar refractivity (Wildman–Crippen MR) is 60.4 cm³/mol. The van der Waals surface area contributed by atoms with Crippen molar-refractivity contribution in [1.29, 1.82) is 0 Å². The Morgan fingerprint density at radius 3 is 2.39 bits per heavy atom. The van der Waals surface area contributed by atoms with Gasteiger partial charge in [-0.1, -0.05) is 6.92 Å². The number of ketones is 1. The van der Waals surface area contributed by atoms with E-state index >= 15 is 0 Å². The molecular formula is C12H17NO5. The second-order valence-corrected chi connectivity index (χ2v) is 4.85. The number of Topliss-reactive ketones (excluding diaryl/α,β-unsaturated/α-hetero) is 1.